The number of hydrogen-bond acceptors (Lipinski definition) is 3. The maximum absolute atomic E-state index is 5.50. The van der Waals surface area contributed by atoms with Gasteiger partial charge in [0.15, 0.2) is 0 Å². The number of nitrogens with two attached hydrogens (primary N) is 1. The van der Waals surface area contributed by atoms with Crippen LogP contribution in [0.5, 0.6) is 0 Å². The predicted molar refractivity (Wildman–Crippen MR) is 45.3 cm³/mol. The van der Waals surface area contributed by atoms with Crippen LogP contribution in [0.2, 0.25) is 0 Å². The Bertz CT molecular complexity index is 94.1. The van der Waals surface area contributed by atoms with Crippen LogP contribution >= 0.6 is 0 Å². The molecule has 3 heteroatoms. The average molecular weight is 161 g/mol. The van der Waals surface area contributed by atoms with Crippen LogP contribution in [0, 0.1) is 0 Å². The van der Waals surface area contributed by atoms with E-state index in [9.17, 15) is 0 Å². The highest BCUT2D eigenvalue weighted by atomic mass is 16.5. The third-order valence-corrected chi connectivity index (χ3v) is 1.69. The molecule has 0 spiro atoms. The Hall–Kier alpha value is -0.120. The van der Waals surface area contributed by atoms with E-state index in [0.717, 1.165) is 6.42 Å². The van der Waals surface area contributed by atoms with E-state index in [1.807, 2.05) is 0 Å². The average Bonchev–Trinajstić information content (AvgIpc) is 1.99. The van der Waals surface area contributed by atoms with Crippen molar-refractivity contribution in [3.8, 4) is 0 Å². The van der Waals surface area contributed by atoms with E-state index in [-0.39, 0.29) is 12.3 Å². The predicted octanol–water partition coefficient (Wildman–Crippen LogP) is 1.12. The Morgan fingerprint density at radius 2 is 1.91 bits per heavy atom. The van der Waals surface area contributed by atoms with Crippen molar-refractivity contribution in [1.29, 1.82) is 0 Å². The highest BCUT2D eigenvalue weighted by Gasteiger charge is 2.14. The summed E-state index contributed by atoms with van der Waals surface area (Å²) in [6, 6.07) is 0. The first kappa shape index (κ1) is 10.9. The molecule has 0 atom stereocenters. The van der Waals surface area contributed by atoms with Crippen molar-refractivity contribution >= 4 is 0 Å². The molecule has 0 rings (SSSR count). The molecule has 0 aromatic carbocycles. The molecule has 0 aliphatic heterocycles. The molecule has 0 fully saturated rings. The molecular weight excluding hydrogens is 142 g/mol. The van der Waals surface area contributed by atoms with Crippen LogP contribution in [0.3, 0.4) is 0 Å². The molecular formula is C8H19NO2. The third-order valence-electron chi connectivity index (χ3n) is 1.69. The van der Waals surface area contributed by atoms with E-state index in [0.29, 0.717) is 13.2 Å². The smallest absolute Gasteiger partial charge is 0.0941 e. The molecule has 0 bridgehead atoms. The fourth-order valence-electron chi connectivity index (χ4n) is 0.562. The minimum Gasteiger partial charge on any atom is -0.373 e. The van der Waals surface area contributed by atoms with Gasteiger partial charge in [-0.15, -0.1) is 0 Å². The standard InChI is InChI=1S/C8H19NO2/c1-4-8(2,3)11-6-5-10-7-9/h4-7,9H2,1-3H3. The monoisotopic (exact) mass is 161 g/mol. The summed E-state index contributed by atoms with van der Waals surface area (Å²) in [6.07, 6.45) is 1.01. The van der Waals surface area contributed by atoms with Gasteiger partial charge in [0.25, 0.3) is 0 Å². The molecule has 0 aliphatic rings. The van der Waals surface area contributed by atoms with Gasteiger partial charge in [-0.25, -0.2) is 0 Å². The summed E-state index contributed by atoms with van der Waals surface area (Å²) >= 11 is 0. The van der Waals surface area contributed by atoms with Crippen molar-refractivity contribution < 1.29 is 9.47 Å². The first-order chi connectivity index (χ1) is 5.12. The Kier molecular flexibility index (Phi) is 5.46. The Labute approximate surface area is 68.9 Å². The lowest BCUT2D eigenvalue weighted by Gasteiger charge is -2.23. The highest BCUT2D eigenvalue weighted by Crippen LogP contribution is 2.12. The van der Waals surface area contributed by atoms with Gasteiger partial charge in [-0.2, -0.15) is 0 Å². The number of rotatable bonds is 6. The highest BCUT2D eigenvalue weighted by molar-refractivity contribution is 4.64. The number of ether oxygens (including phenoxy) is 2. The lowest BCUT2D eigenvalue weighted by Crippen LogP contribution is -2.25. The van der Waals surface area contributed by atoms with Gasteiger partial charge in [-0.05, 0) is 20.3 Å². The van der Waals surface area contributed by atoms with E-state index in [2.05, 4.69) is 20.8 Å². The lowest BCUT2D eigenvalue weighted by molar-refractivity contribution is -0.0469. The largest absolute Gasteiger partial charge is 0.373 e. The van der Waals surface area contributed by atoms with Gasteiger partial charge < -0.3 is 15.2 Å². The maximum Gasteiger partial charge on any atom is 0.0941 e. The molecule has 0 saturated carbocycles. The first-order valence-corrected chi connectivity index (χ1v) is 4.04. The van der Waals surface area contributed by atoms with Crippen LogP contribution in [0.4, 0.5) is 0 Å². The molecule has 0 aromatic heterocycles. The fourth-order valence-corrected chi connectivity index (χ4v) is 0.562. The van der Waals surface area contributed by atoms with Crippen molar-refractivity contribution in [2.45, 2.75) is 32.8 Å². The second-order valence-electron chi connectivity index (χ2n) is 3.04. The van der Waals surface area contributed by atoms with Gasteiger partial charge in [-0.3, -0.25) is 0 Å². The summed E-state index contributed by atoms with van der Waals surface area (Å²) in [7, 11) is 0. The first-order valence-electron chi connectivity index (χ1n) is 4.04. The van der Waals surface area contributed by atoms with Crippen molar-refractivity contribution in [2.75, 3.05) is 19.9 Å². The lowest BCUT2D eigenvalue weighted by atomic mass is 10.1. The van der Waals surface area contributed by atoms with Crippen molar-refractivity contribution in [3.05, 3.63) is 0 Å². The normalized spacial score (nSPS) is 12.0. The second kappa shape index (κ2) is 5.52. The zero-order chi connectivity index (χ0) is 8.74. The van der Waals surface area contributed by atoms with E-state index >= 15 is 0 Å². The van der Waals surface area contributed by atoms with Crippen LogP contribution in [0.15, 0.2) is 0 Å². The molecule has 0 aromatic rings. The summed E-state index contributed by atoms with van der Waals surface area (Å²) in [5.41, 5.74) is 5.10. The summed E-state index contributed by atoms with van der Waals surface area (Å²) in [4.78, 5) is 0. The summed E-state index contributed by atoms with van der Waals surface area (Å²) in [5, 5.41) is 0. The molecule has 11 heavy (non-hydrogen) atoms. The molecule has 0 amide bonds. The zero-order valence-corrected chi connectivity index (χ0v) is 7.72. The topological polar surface area (TPSA) is 44.5 Å². The van der Waals surface area contributed by atoms with E-state index in [4.69, 9.17) is 15.2 Å². The minimum absolute atomic E-state index is 0.0298. The quantitative estimate of drug-likeness (QED) is 0.469. The van der Waals surface area contributed by atoms with Crippen LogP contribution < -0.4 is 5.73 Å². The van der Waals surface area contributed by atoms with Crippen LogP contribution in [0.1, 0.15) is 27.2 Å². The Morgan fingerprint density at radius 3 is 2.36 bits per heavy atom. The zero-order valence-electron chi connectivity index (χ0n) is 7.72. The summed E-state index contributed by atoms with van der Waals surface area (Å²) in [5.74, 6) is 0. The van der Waals surface area contributed by atoms with Gasteiger partial charge in [0.2, 0.25) is 0 Å². The molecule has 0 heterocycles. The Morgan fingerprint density at radius 1 is 1.27 bits per heavy atom. The van der Waals surface area contributed by atoms with Crippen LogP contribution in [-0.2, 0) is 9.47 Å². The van der Waals surface area contributed by atoms with Crippen molar-refractivity contribution in [1.82, 2.24) is 0 Å². The SMILES string of the molecule is CCC(C)(C)OCCOCN. The molecule has 68 valence electrons. The molecule has 0 saturated heterocycles. The number of hydrogen-bond donors (Lipinski definition) is 1. The van der Waals surface area contributed by atoms with Gasteiger partial charge in [-0.1, -0.05) is 6.92 Å². The van der Waals surface area contributed by atoms with Gasteiger partial charge in [0.1, 0.15) is 0 Å². The van der Waals surface area contributed by atoms with Crippen molar-refractivity contribution in [3.63, 3.8) is 0 Å². The van der Waals surface area contributed by atoms with Crippen LogP contribution in [0.25, 0.3) is 0 Å². The fraction of sp³-hybridized carbons (Fsp3) is 1.00. The van der Waals surface area contributed by atoms with E-state index in [1.54, 1.807) is 0 Å². The second-order valence-corrected chi connectivity index (χ2v) is 3.04. The Balaban J connectivity index is 3.23. The molecule has 0 aliphatic carbocycles. The maximum atomic E-state index is 5.50. The van der Waals surface area contributed by atoms with Gasteiger partial charge >= 0.3 is 0 Å². The summed E-state index contributed by atoms with van der Waals surface area (Å²) < 4.78 is 10.4. The molecule has 2 N–H and O–H groups in total. The summed E-state index contributed by atoms with van der Waals surface area (Å²) in [6.45, 7) is 7.71. The van der Waals surface area contributed by atoms with Gasteiger partial charge in [0.05, 0.1) is 25.5 Å². The van der Waals surface area contributed by atoms with Crippen molar-refractivity contribution in [2.24, 2.45) is 5.73 Å². The van der Waals surface area contributed by atoms with Gasteiger partial charge in [0, 0.05) is 0 Å². The minimum atomic E-state index is -0.0298. The van der Waals surface area contributed by atoms with E-state index < -0.39 is 0 Å². The molecule has 0 unspecified atom stereocenters. The van der Waals surface area contributed by atoms with Crippen LogP contribution in [-0.4, -0.2) is 25.5 Å². The molecule has 3 nitrogen and oxygen atoms in total. The third kappa shape index (κ3) is 6.28. The van der Waals surface area contributed by atoms with E-state index in [1.165, 1.54) is 0 Å². The molecule has 0 radical (unpaired) electrons.